The van der Waals surface area contributed by atoms with Crippen LogP contribution in [0.3, 0.4) is 0 Å². The van der Waals surface area contributed by atoms with Crippen molar-refractivity contribution in [2.24, 2.45) is 0 Å². The number of phosphoric acid groups is 4. The van der Waals surface area contributed by atoms with Gasteiger partial charge in [-0.05, 0) is 6.42 Å². The summed E-state index contributed by atoms with van der Waals surface area (Å²) in [6.07, 6.45) is -10.9. The lowest BCUT2D eigenvalue weighted by molar-refractivity contribution is -0.180. The minimum absolute atomic E-state index is 0.195. The molecule has 0 unspecified atom stereocenters. The second-order valence-corrected chi connectivity index (χ2v) is 10.7. The van der Waals surface area contributed by atoms with Gasteiger partial charge in [0.15, 0.2) is 0 Å². The van der Waals surface area contributed by atoms with Gasteiger partial charge in [0.05, 0.1) is 0 Å². The van der Waals surface area contributed by atoms with Crippen LogP contribution in [0.2, 0.25) is 0 Å². The predicted octanol–water partition coefficient (Wildman–Crippen LogP) is -0.903. The van der Waals surface area contributed by atoms with E-state index in [2.05, 4.69) is 18.1 Å². The van der Waals surface area contributed by atoms with E-state index in [-0.39, 0.29) is 13.0 Å². The molecule has 5 atom stereocenters. The molecule has 17 nitrogen and oxygen atoms in total. The summed E-state index contributed by atoms with van der Waals surface area (Å²) in [7, 11) is -21.6. The largest absolute Gasteiger partial charge is 0.470 e. The van der Waals surface area contributed by atoms with Gasteiger partial charge >= 0.3 is 31.3 Å². The van der Waals surface area contributed by atoms with Crippen LogP contribution in [-0.4, -0.2) is 76.3 Å². The summed E-state index contributed by atoms with van der Waals surface area (Å²) in [6, 6.07) is 0. The van der Waals surface area contributed by atoms with Crippen molar-refractivity contribution in [3.05, 3.63) is 0 Å². The molecule has 0 radical (unpaired) electrons. The Hall–Kier alpha value is 0.400. The van der Waals surface area contributed by atoms with Crippen molar-refractivity contribution >= 4 is 31.3 Å². The molecule has 8 N–H and O–H groups in total. The van der Waals surface area contributed by atoms with E-state index in [4.69, 9.17) is 43.9 Å². The molecular weight excluding hydrogens is 504 g/mol. The molecule has 1 aliphatic carbocycles. The van der Waals surface area contributed by atoms with E-state index in [0.717, 1.165) is 0 Å². The van der Waals surface area contributed by atoms with Crippen molar-refractivity contribution in [3.63, 3.8) is 0 Å². The van der Waals surface area contributed by atoms with E-state index in [1.807, 2.05) is 0 Å². The molecule has 0 heterocycles. The van der Waals surface area contributed by atoms with Crippen LogP contribution in [0.15, 0.2) is 0 Å². The van der Waals surface area contributed by atoms with Crippen LogP contribution in [0.4, 0.5) is 0 Å². The number of rotatable bonds is 11. The highest BCUT2D eigenvalue weighted by atomic mass is 31.2. The third kappa shape index (κ3) is 10.8. The first kappa shape index (κ1) is 28.4. The maximum Gasteiger partial charge on any atom is 0.470 e. The van der Waals surface area contributed by atoms with Gasteiger partial charge in [-0.2, -0.15) is 0 Å². The highest BCUT2D eigenvalue weighted by Gasteiger charge is 2.55. The normalized spacial score (nSPS) is 29.2. The monoisotopic (exact) mass is 526 g/mol. The number of phosphoric ester groups is 4. The summed E-state index contributed by atoms with van der Waals surface area (Å²) in [5.74, 6) is 0. The molecule has 0 aromatic heterocycles. The molecule has 0 aromatic carbocycles. The molecule has 30 heavy (non-hydrogen) atoms. The number of ether oxygens (including phenoxy) is 1. The van der Waals surface area contributed by atoms with Crippen LogP contribution in [0.1, 0.15) is 19.8 Å². The van der Waals surface area contributed by atoms with Crippen LogP contribution < -0.4 is 0 Å². The molecule has 21 heteroatoms. The topological polar surface area (TPSA) is 276 Å². The lowest BCUT2D eigenvalue weighted by atomic mass is 9.87. The first-order valence-electron chi connectivity index (χ1n) is 7.88. The van der Waals surface area contributed by atoms with Crippen molar-refractivity contribution in [1.82, 2.24) is 0 Å². The second kappa shape index (κ2) is 10.6. The molecule has 0 spiro atoms. The molecular formula is C9H22O17P4. The highest BCUT2D eigenvalue weighted by molar-refractivity contribution is 7.47. The maximum absolute atomic E-state index is 11.4. The summed E-state index contributed by atoms with van der Waals surface area (Å²) in [6.45, 7) is 1.39. The molecule has 0 saturated heterocycles. The highest BCUT2D eigenvalue weighted by Crippen LogP contribution is 2.52. The maximum atomic E-state index is 11.4. The Labute approximate surface area is 169 Å². The Kier molecular flexibility index (Phi) is 10.0. The van der Waals surface area contributed by atoms with Gasteiger partial charge in [0.2, 0.25) is 0 Å². The van der Waals surface area contributed by atoms with Crippen molar-refractivity contribution in [2.75, 3.05) is 6.61 Å². The van der Waals surface area contributed by atoms with Crippen LogP contribution in [0.5, 0.6) is 0 Å². The van der Waals surface area contributed by atoms with Crippen molar-refractivity contribution < 1.29 is 80.2 Å². The lowest BCUT2D eigenvalue weighted by Gasteiger charge is -2.44. The predicted molar refractivity (Wildman–Crippen MR) is 92.3 cm³/mol. The van der Waals surface area contributed by atoms with Gasteiger partial charge in [0.1, 0.15) is 30.5 Å². The van der Waals surface area contributed by atoms with Crippen LogP contribution >= 0.6 is 31.3 Å². The minimum Gasteiger partial charge on any atom is -0.373 e. The molecule has 1 rings (SSSR count). The van der Waals surface area contributed by atoms with E-state index in [0.29, 0.717) is 0 Å². The van der Waals surface area contributed by atoms with E-state index >= 15 is 0 Å². The summed E-state index contributed by atoms with van der Waals surface area (Å²) in [5.41, 5.74) is 0. The zero-order valence-corrected chi connectivity index (χ0v) is 18.6. The number of hydrogen-bond donors (Lipinski definition) is 8. The van der Waals surface area contributed by atoms with E-state index in [9.17, 15) is 18.3 Å². The standard InChI is InChI=1S/C9H22O17P4/c1-2-3-22-7-5(23-27(10,11)12)4-6(24-28(13,14)15)8(25-29(16,17)18)9(7)26-30(19,20)21/h5-9H,2-4H2,1H3,(H2,10,11,12)(H2,13,14,15)(H2,16,17,18)(H2,19,20,21)/t5-,6+,7-,8-,9-/m0/s1. The van der Waals surface area contributed by atoms with E-state index in [1.165, 1.54) is 0 Å². The Balaban J connectivity index is 3.51. The Morgan fingerprint density at radius 1 is 0.633 bits per heavy atom. The fourth-order valence-electron chi connectivity index (χ4n) is 2.69. The fourth-order valence-corrected chi connectivity index (χ4v) is 4.93. The summed E-state index contributed by atoms with van der Waals surface area (Å²) < 4.78 is 68.2. The fraction of sp³-hybridized carbons (Fsp3) is 1.00. The molecule has 1 saturated carbocycles. The molecule has 0 amide bonds. The van der Waals surface area contributed by atoms with Gasteiger partial charge in [-0.1, -0.05) is 6.92 Å². The molecule has 0 aliphatic heterocycles. The van der Waals surface area contributed by atoms with E-state index < -0.39 is 68.2 Å². The van der Waals surface area contributed by atoms with Crippen LogP contribution in [-0.2, 0) is 41.1 Å². The minimum atomic E-state index is -5.47. The quantitative estimate of drug-likeness (QED) is 0.151. The Bertz CT molecular complexity index is 746. The average molecular weight is 526 g/mol. The third-order valence-corrected chi connectivity index (χ3v) is 5.55. The smallest absolute Gasteiger partial charge is 0.373 e. The van der Waals surface area contributed by atoms with Crippen molar-refractivity contribution in [3.8, 4) is 0 Å². The van der Waals surface area contributed by atoms with Gasteiger partial charge in [-0.15, -0.1) is 0 Å². The molecule has 0 aromatic rings. The van der Waals surface area contributed by atoms with Gasteiger partial charge in [-0.3, -0.25) is 18.1 Å². The van der Waals surface area contributed by atoms with Gasteiger partial charge in [0.25, 0.3) is 0 Å². The zero-order chi connectivity index (χ0) is 23.5. The molecule has 1 aliphatic rings. The van der Waals surface area contributed by atoms with Crippen molar-refractivity contribution in [2.45, 2.75) is 50.3 Å². The summed E-state index contributed by atoms with van der Waals surface area (Å²) in [4.78, 5) is 72.8. The Morgan fingerprint density at radius 3 is 1.37 bits per heavy atom. The van der Waals surface area contributed by atoms with Gasteiger partial charge in [-0.25, -0.2) is 18.3 Å². The van der Waals surface area contributed by atoms with Gasteiger partial charge < -0.3 is 43.9 Å². The molecule has 0 bridgehead atoms. The average Bonchev–Trinajstić information content (AvgIpc) is 2.45. The zero-order valence-electron chi connectivity index (χ0n) is 15.0. The SMILES string of the molecule is CCCO[C@@H]1[C@H](OP(=O)(O)O)[C@@H](OP(=O)(O)O)[C@H](OP(=O)(O)O)C[C@@H]1OP(=O)(O)O. The molecule has 180 valence electrons. The van der Waals surface area contributed by atoms with E-state index in [1.54, 1.807) is 6.92 Å². The van der Waals surface area contributed by atoms with Crippen LogP contribution in [0.25, 0.3) is 0 Å². The summed E-state index contributed by atoms with van der Waals surface area (Å²) >= 11 is 0. The van der Waals surface area contributed by atoms with Gasteiger partial charge in [0, 0.05) is 13.0 Å². The second-order valence-electron chi connectivity index (χ2n) is 5.96. The lowest BCUT2D eigenvalue weighted by Crippen LogP contribution is -2.59. The first-order valence-corrected chi connectivity index (χ1v) is 14.0. The molecule has 1 fully saturated rings. The summed E-state index contributed by atoms with van der Waals surface area (Å²) in [5, 5.41) is 0. The van der Waals surface area contributed by atoms with Crippen LogP contribution in [0, 0.1) is 0 Å². The first-order chi connectivity index (χ1) is 13.3. The van der Waals surface area contributed by atoms with Crippen molar-refractivity contribution in [1.29, 1.82) is 0 Å². The number of hydrogen-bond acceptors (Lipinski definition) is 9. The Morgan fingerprint density at radius 2 is 1.00 bits per heavy atom. The third-order valence-electron chi connectivity index (χ3n) is 3.42.